The summed E-state index contributed by atoms with van der Waals surface area (Å²) in [7, 11) is 4.13. The van der Waals surface area contributed by atoms with Gasteiger partial charge in [0, 0.05) is 104 Å². The van der Waals surface area contributed by atoms with Crippen molar-refractivity contribution in [1.82, 2.24) is 78.0 Å². The summed E-state index contributed by atoms with van der Waals surface area (Å²) < 4.78 is 98.4. The first-order chi connectivity index (χ1) is 60.2. The molecule has 0 N–H and O–H groups in total. The van der Waals surface area contributed by atoms with Crippen LogP contribution in [0.2, 0.25) is 0 Å². The van der Waals surface area contributed by atoms with Crippen molar-refractivity contribution in [3.8, 4) is 38.8 Å². The van der Waals surface area contributed by atoms with Gasteiger partial charge in [-0.3, -0.25) is 4.57 Å². The van der Waals surface area contributed by atoms with Gasteiger partial charge in [-0.2, -0.15) is 14.9 Å². The normalized spacial score (nSPS) is 10.5. The Morgan fingerprint density at radius 1 is 0.320 bits per heavy atom. The minimum atomic E-state index is -4.41. The summed E-state index contributed by atoms with van der Waals surface area (Å²) in [5, 5.41) is 29.4. The third-order valence-corrected chi connectivity index (χ3v) is 22.6. The number of benzene rings is 5. The highest BCUT2D eigenvalue weighted by molar-refractivity contribution is 7.15. The van der Waals surface area contributed by atoms with Crippen molar-refractivity contribution in [2.75, 3.05) is 0 Å². The molecule has 0 amide bonds. The maximum atomic E-state index is 12.0. The number of thiophene rings is 2. The summed E-state index contributed by atoms with van der Waals surface area (Å²) in [6.07, 6.45) is -8.80. The Labute approximate surface area is 758 Å². The fourth-order valence-corrected chi connectivity index (χ4v) is 14.7. The van der Waals surface area contributed by atoms with Gasteiger partial charge in [-0.25, -0.2) is 14.2 Å². The molecular weight excluding hydrogens is 1660 g/mol. The number of furan rings is 2. The highest BCUT2D eigenvalue weighted by Gasteiger charge is 2.35. The van der Waals surface area contributed by atoms with Crippen LogP contribution in [0.25, 0.3) is 38.8 Å². The van der Waals surface area contributed by atoms with Crippen LogP contribution in [0.15, 0.2) is 220 Å². The van der Waals surface area contributed by atoms with E-state index in [1.54, 1.807) is 13.8 Å². The molecule has 5 aromatic carbocycles. The molecule has 0 atom stereocenters. The molecule has 0 aliphatic carbocycles. The SMILES string of the molecule is Cc1cc(-c2ccccc2)oc1C.Cc1cc(-c2ccccc2)sc1C.Cc1cc(C)c(C)o1.Cc1cc(C)c(C)s1.Cc1cc(C)n(-c2ccccc2)n1.Cc1cc(C)n(C(F)(F)F)n1.Cc1cc(C)n(C)c1C.Cc1ccc(C)n1-c1ccccc1.Cc1nc(C)n(C)c1C.Cc1nnc(C)n1-c1ccccc1.Cc1nnc(C)n1C(F)(F)F.Cc1nnc(C)o1. The van der Waals surface area contributed by atoms with E-state index in [0.29, 0.717) is 17.5 Å². The molecule has 0 aliphatic heterocycles. The lowest BCUT2D eigenvalue weighted by atomic mass is 10.1. The second-order valence-electron chi connectivity index (χ2n) is 30.8. The fraction of sp³-hybridized carbons (Fsp3) is 0.317. The predicted molar refractivity (Wildman–Crippen MR) is 508 cm³/mol. The number of rotatable bonds is 5. The molecular formula is C101H124F6N16O3S2. The number of imidazole rings is 1. The van der Waals surface area contributed by atoms with Gasteiger partial charge in [-0.1, -0.05) is 115 Å². The number of aromatic nitrogens is 16. The summed E-state index contributed by atoms with van der Waals surface area (Å²) in [6.45, 7) is 54.5. The minimum absolute atomic E-state index is 0.0579. The van der Waals surface area contributed by atoms with E-state index in [9.17, 15) is 26.3 Å². The van der Waals surface area contributed by atoms with Crippen molar-refractivity contribution < 1.29 is 39.6 Å². The van der Waals surface area contributed by atoms with Crippen LogP contribution in [0.3, 0.4) is 0 Å². The third kappa shape index (κ3) is 32.0. The average Bonchev–Trinajstić information content (AvgIpc) is 1.68. The zero-order chi connectivity index (χ0) is 95.2. The zero-order valence-corrected chi connectivity index (χ0v) is 81.2. The number of nitrogens with zero attached hydrogens (tertiary/aromatic N) is 16. The zero-order valence-electron chi connectivity index (χ0n) is 79.6. The largest absolute Gasteiger partial charge is 0.504 e. The number of halogens is 6. The Morgan fingerprint density at radius 2 is 0.750 bits per heavy atom. The molecule has 0 radical (unpaired) electrons. The smallest absolute Gasteiger partial charge is 0.466 e. The van der Waals surface area contributed by atoms with Crippen molar-refractivity contribution >= 4 is 22.7 Å². The summed E-state index contributed by atoms with van der Waals surface area (Å²) >= 11 is 3.74. The van der Waals surface area contributed by atoms with Crippen LogP contribution in [-0.2, 0) is 26.7 Å². The van der Waals surface area contributed by atoms with Gasteiger partial charge in [-0.05, 0) is 304 Å². The van der Waals surface area contributed by atoms with Crippen LogP contribution in [0, 0.1) is 194 Å². The van der Waals surface area contributed by atoms with Crippen LogP contribution >= 0.6 is 22.7 Å². The summed E-state index contributed by atoms with van der Waals surface area (Å²) in [5.41, 5.74) is 22.9. The highest BCUT2D eigenvalue weighted by atomic mass is 32.1. The molecule has 0 fully saturated rings. The Hall–Kier alpha value is -12.8. The van der Waals surface area contributed by atoms with Gasteiger partial charge in [-0.15, -0.1) is 79.6 Å². The lowest BCUT2D eigenvalue weighted by molar-refractivity contribution is -0.213. The summed E-state index contributed by atoms with van der Waals surface area (Å²) in [4.78, 5) is 9.92. The van der Waals surface area contributed by atoms with Gasteiger partial charge in [0.1, 0.15) is 52.2 Å². The molecule has 17 aromatic rings. The molecule has 0 aliphatic rings. The molecule has 0 saturated carbocycles. The first-order valence-electron chi connectivity index (χ1n) is 41.6. The van der Waals surface area contributed by atoms with Crippen LogP contribution in [0.4, 0.5) is 26.3 Å². The number of para-hydroxylation sites is 3. The summed E-state index contributed by atoms with van der Waals surface area (Å²) in [5.74, 6) is 7.87. The lowest BCUT2D eigenvalue weighted by Gasteiger charge is -2.08. The maximum absolute atomic E-state index is 12.0. The van der Waals surface area contributed by atoms with Gasteiger partial charge in [0.15, 0.2) is 0 Å². The number of hydrogen-bond donors (Lipinski definition) is 0. The van der Waals surface area contributed by atoms with Crippen molar-refractivity contribution in [3.05, 3.63) is 364 Å². The monoisotopic (exact) mass is 1790 g/mol. The van der Waals surface area contributed by atoms with E-state index in [1.165, 1.54) is 127 Å². The van der Waals surface area contributed by atoms with Crippen LogP contribution in [-0.4, -0.2) is 78.0 Å². The van der Waals surface area contributed by atoms with E-state index < -0.39 is 12.6 Å². The van der Waals surface area contributed by atoms with Gasteiger partial charge >= 0.3 is 12.6 Å². The van der Waals surface area contributed by atoms with Crippen molar-refractivity contribution in [1.29, 1.82) is 0 Å². The third-order valence-electron chi connectivity index (χ3n) is 20.3. The van der Waals surface area contributed by atoms with E-state index in [4.69, 9.17) is 13.3 Å². The molecule has 17 rings (SSSR count). The Bertz CT molecular complexity index is 5730. The van der Waals surface area contributed by atoms with E-state index in [2.05, 4.69) is 278 Å². The molecule has 19 nitrogen and oxygen atoms in total. The van der Waals surface area contributed by atoms with E-state index >= 15 is 0 Å². The molecule has 0 spiro atoms. The quantitative estimate of drug-likeness (QED) is 0.148. The van der Waals surface area contributed by atoms with E-state index in [1.807, 2.05) is 180 Å². The topological polar surface area (TPSA) is 190 Å². The molecule has 0 bridgehead atoms. The second-order valence-corrected chi connectivity index (χ2v) is 33.5. The summed E-state index contributed by atoms with van der Waals surface area (Å²) in [6, 6.07) is 69.9. The maximum Gasteiger partial charge on any atom is 0.504 e. The number of hydrogen-bond acceptors (Lipinski definition) is 14. The van der Waals surface area contributed by atoms with Crippen molar-refractivity contribution in [2.45, 2.75) is 206 Å². The molecule has 0 saturated heterocycles. The van der Waals surface area contributed by atoms with Gasteiger partial charge < -0.3 is 27.0 Å². The lowest BCUT2D eigenvalue weighted by Crippen LogP contribution is -2.19. The van der Waals surface area contributed by atoms with Crippen LogP contribution in [0.1, 0.15) is 158 Å². The minimum Gasteiger partial charge on any atom is -0.466 e. The average molecular weight is 1790 g/mol. The first-order valence-corrected chi connectivity index (χ1v) is 43.2. The van der Waals surface area contributed by atoms with Crippen LogP contribution in [0.5, 0.6) is 0 Å². The molecule has 12 heterocycles. The van der Waals surface area contributed by atoms with Gasteiger partial charge in [0.05, 0.1) is 22.8 Å². The molecule has 680 valence electrons. The molecule has 0 unspecified atom stereocenters. The molecule has 128 heavy (non-hydrogen) atoms. The van der Waals surface area contributed by atoms with E-state index in [-0.39, 0.29) is 26.6 Å². The first kappa shape index (κ1) is 104. The van der Waals surface area contributed by atoms with Crippen molar-refractivity contribution in [2.24, 2.45) is 14.1 Å². The highest BCUT2D eigenvalue weighted by Crippen LogP contribution is 2.31. The number of alkyl halides is 6. The molecule has 12 aromatic heterocycles. The molecule has 27 heteroatoms. The standard InChI is InChI=1S/C12H13N.C12H12O.C12H12S.C11H12N2.C10H11N3.C8H13N.C7H12N2.C7H10O.C7H10S.C6H7F3N2.C5H6F3N3.C4H6N2O/c1-10-8-9-11(2)13(10)12-6-4-3-5-7-12;2*1-9-8-12(13-10(9)2)11-6-4-3-5-7-11;1-9-8-10(2)13(12-9)11-6-4-3-5-7-11;1-8-11-12-9(2)13(8)10-6-4-3-5-7-10;1-6-5-7(2)9(4)8(6)3;1-5-6(2)9(4)7(3)8-5;2*1-5-4-6(2)8-7(5)3;1-4-3-5(2)11(10-4)6(7,8)9;1-3-9-10-4(2)11(3)5(6,7)8;1-3-5-6-4(2)7-3/h3-9H,1-2H3;3*3-8H,1-2H3;3-7H,1-2H3;5H,1-4H3;1-4H3;2*4H,1-3H3;3H,1-2H3;1-2H3;1-2H3. The Balaban J connectivity index is 0.000000216. The van der Waals surface area contributed by atoms with Gasteiger partial charge in [0.2, 0.25) is 11.8 Å². The predicted octanol–water partition coefficient (Wildman–Crippen LogP) is 27.3. The second kappa shape index (κ2) is 48.8. The van der Waals surface area contributed by atoms with Crippen LogP contribution < -0.4 is 0 Å². The Kier molecular flexibility index (Phi) is 39.7. The van der Waals surface area contributed by atoms with Crippen molar-refractivity contribution in [3.63, 3.8) is 0 Å². The fourth-order valence-electron chi connectivity index (χ4n) is 12.7. The Morgan fingerprint density at radius 3 is 1.03 bits per heavy atom. The van der Waals surface area contributed by atoms with E-state index in [0.717, 1.165) is 68.8 Å². The number of aryl methyl sites for hydroxylation is 26. The van der Waals surface area contributed by atoms with Gasteiger partial charge in [0.25, 0.3) is 0 Å².